The lowest BCUT2D eigenvalue weighted by Gasteiger charge is -2.33. The molecule has 0 radical (unpaired) electrons. The van der Waals surface area contributed by atoms with Gasteiger partial charge in [0.2, 0.25) is 5.91 Å². The number of hydrogen-bond donors (Lipinski definition) is 1. The van der Waals surface area contributed by atoms with Crippen LogP contribution in [0.25, 0.3) is 6.08 Å². The molecular formula is C16H20FNO3. The summed E-state index contributed by atoms with van der Waals surface area (Å²) in [6, 6.07) is 4.54. The van der Waals surface area contributed by atoms with Crippen LogP contribution in [0, 0.1) is 11.7 Å². The number of methoxy groups -OCH3 is 1. The van der Waals surface area contributed by atoms with Crippen LogP contribution in [-0.4, -0.2) is 42.2 Å². The van der Waals surface area contributed by atoms with E-state index in [0.29, 0.717) is 25.1 Å². The minimum Gasteiger partial charge on any atom is -0.494 e. The highest BCUT2D eigenvalue weighted by Gasteiger charge is 2.25. The third kappa shape index (κ3) is 3.82. The van der Waals surface area contributed by atoms with Crippen molar-refractivity contribution >= 4 is 12.0 Å². The molecule has 2 rings (SSSR count). The number of aliphatic hydroxyl groups excluding tert-OH is 1. The number of nitrogens with zero attached hydrogens (tertiary/aromatic N) is 1. The van der Waals surface area contributed by atoms with E-state index in [0.717, 1.165) is 0 Å². The van der Waals surface area contributed by atoms with Crippen LogP contribution >= 0.6 is 0 Å². The van der Waals surface area contributed by atoms with E-state index in [-0.39, 0.29) is 23.7 Å². The lowest BCUT2D eigenvalue weighted by atomic mass is 9.97. The standard InChI is InChI=1S/C16H20FNO3/c1-11-10-18(8-7-14(11)19)16(20)6-4-12-3-5-15(21-2)13(17)9-12/h3-6,9,11,14,19H,7-8,10H2,1-2H3/b6-4+. The second kappa shape index (κ2) is 6.72. The van der Waals surface area contributed by atoms with Crippen LogP contribution in [0.15, 0.2) is 24.3 Å². The van der Waals surface area contributed by atoms with Crippen LogP contribution in [0.3, 0.4) is 0 Å². The van der Waals surface area contributed by atoms with Crippen molar-refractivity contribution < 1.29 is 19.0 Å². The monoisotopic (exact) mass is 293 g/mol. The van der Waals surface area contributed by atoms with Crippen molar-refractivity contribution in [1.82, 2.24) is 4.90 Å². The number of benzene rings is 1. The van der Waals surface area contributed by atoms with Crippen molar-refractivity contribution in [3.05, 3.63) is 35.7 Å². The minimum atomic E-state index is -0.457. The number of piperidine rings is 1. The van der Waals surface area contributed by atoms with Crippen LogP contribution in [-0.2, 0) is 4.79 Å². The number of likely N-dealkylation sites (tertiary alicyclic amines) is 1. The Balaban J connectivity index is 2.00. The van der Waals surface area contributed by atoms with Crippen LogP contribution in [0.5, 0.6) is 5.75 Å². The van der Waals surface area contributed by atoms with Crippen molar-refractivity contribution in [3.8, 4) is 5.75 Å². The summed E-state index contributed by atoms with van der Waals surface area (Å²) in [7, 11) is 1.41. The average molecular weight is 293 g/mol. The molecule has 0 aliphatic carbocycles. The van der Waals surface area contributed by atoms with Crippen molar-refractivity contribution in [2.45, 2.75) is 19.4 Å². The summed E-state index contributed by atoms with van der Waals surface area (Å²) in [6.07, 6.45) is 3.28. The first-order valence-corrected chi connectivity index (χ1v) is 7.00. The number of rotatable bonds is 3. The average Bonchev–Trinajstić information content (AvgIpc) is 2.47. The van der Waals surface area contributed by atoms with E-state index in [2.05, 4.69) is 0 Å². The van der Waals surface area contributed by atoms with Gasteiger partial charge in [-0.3, -0.25) is 4.79 Å². The number of hydrogen-bond acceptors (Lipinski definition) is 3. The zero-order valence-electron chi connectivity index (χ0n) is 12.3. The number of halogens is 1. The molecule has 2 atom stereocenters. The second-order valence-corrected chi connectivity index (χ2v) is 5.34. The Morgan fingerprint density at radius 3 is 2.90 bits per heavy atom. The van der Waals surface area contributed by atoms with E-state index < -0.39 is 5.82 Å². The fourth-order valence-corrected chi connectivity index (χ4v) is 2.39. The molecule has 1 N–H and O–H groups in total. The number of amides is 1. The molecule has 1 aliphatic heterocycles. The molecule has 0 spiro atoms. The first-order valence-electron chi connectivity index (χ1n) is 7.00. The van der Waals surface area contributed by atoms with Gasteiger partial charge in [-0.05, 0) is 36.1 Å². The SMILES string of the molecule is COc1ccc(/C=C/C(=O)N2CCC(O)C(C)C2)cc1F. The molecule has 1 fully saturated rings. The molecule has 2 unspecified atom stereocenters. The molecule has 1 saturated heterocycles. The van der Waals surface area contributed by atoms with Gasteiger partial charge in [0.05, 0.1) is 13.2 Å². The molecule has 1 aromatic carbocycles. The van der Waals surface area contributed by atoms with E-state index in [4.69, 9.17) is 4.74 Å². The summed E-state index contributed by atoms with van der Waals surface area (Å²) in [5.74, 6) is -0.321. The number of ether oxygens (including phenoxy) is 1. The van der Waals surface area contributed by atoms with Gasteiger partial charge >= 0.3 is 0 Å². The Hall–Kier alpha value is -1.88. The maximum Gasteiger partial charge on any atom is 0.246 e. The Bertz CT molecular complexity index is 544. The Kier molecular flexibility index (Phi) is 4.96. The van der Waals surface area contributed by atoms with Gasteiger partial charge in [-0.2, -0.15) is 0 Å². The van der Waals surface area contributed by atoms with E-state index in [1.54, 1.807) is 17.0 Å². The molecule has 0 aromatic heterocycles. The van der Waals surface area contributed by atoms with Gasteiger partial charge in [-0.15, -0.1) is 0 Å². The van der Waals surface area contributed by atoms with Crippen LogP contribution in [0.2, 0.25) is 0 Å². The first-order chi connectivity index (χ1) is 10.0. The molecule has 1 amide bonds. The smallest absolute Gasteiger partial charge is 0.246 e. The maximum atomic E-state index is 13.5. The van der Waals surface area contributed by atoms with Gasteiger partial charge < -0.3 is 14.7 Å². The van der Waals surface area contributed by atoms with Crippen molar-refractivity contribution in [2.24, 2.45) is 5.92 Å². The highest BCUT2D eigenvalue weighted by atomic mass is 19.1. The topological polar surface area (TPSA) is 49.8 Å². The summed E-state index contributed by atoms with van der Waals surface area (Å²) in [5, 5.41) is 9.66. The fraction of sp³-hybridized carbons (Fsp3) is 0.438. The third-order valence-electron chi connectivity index (χ3n) is 3.77. The molecule has 21 heavy (non-hydrogen) atoms. The van der Waals surface area contributed by atoms with Gasteiger partial charge in [0, 0.05) is 19.2 Å². The van der Waals surface area contributed by atoms with Gasteiger partial charge in [0.1, 0.15) is 0 Å². The molecular weight excluding hydrogens is 273 g/mol. The Labute approximate surface area is 123 Å². The first kappa shape index (κ1) is 15.5. The van der Waals surface area contributed by atoms with E-state index in [1.165, 1.54) is 25.3 Å². The normalized spacial score (nSPS) is 22.6. The summed E-state index contributed by atoms with van der Waals surface area (Å²) >= 11 is 0. The highest BCUT2D eigenvalue weighted by molar-refractivity contribution is 5.91. The molecule has 5 heteroatoms. The maximum absolute atomic E-state index is 13.5. The highest BCUT2D eigenvalue weighted by Crippen LogP contribution is 2.19. The summed E-state index contributed by atoms with van der Waals surface area (Å²) in [4.78, 5) is 13.8. The summed E-state index contributed by atoms with van der Waals surface area (Å²) in [5.41, 5.74) is 0.603. The van der Waals surface area contributed by atoms with Crippen LogP contribution in [0.1, 0.15) is 18.9 Å². The molecule has 1 heterocycles. The predicted octanol–water partition coefficient (Wildman–Crippen LogP) is 2.08. The van der Waals surface area contributed by atoms with E-state index in [1.807, 2.05) is 6.92 Å². The van der Waals surface area contributed by atoms with Gasteiger partial charge in [-0.25, -0.2) is 4.39 Å². The van der Waals surface area contributed by atoms with E-state index >= 15 is 0 Å². The molecule has 1 aliphatic rings. The number of carbonyl (C=O) groups excluding carboxylic acids is 1. The second-order valence-electron chi connectivity index (χ2n) is 5.34. The minimum absolute atomic E-state index is 0.0783. The number of aliphatic hydroxyl groups is 1. The Morgan fingerprint density at radius 1 is 1.52 bits per heavy atom. The van der Waals surface area contributed by atoms with Gasteiger partial charge in [0.15, 0.2) is 11.6 Å². The van der Waals surface area contributed by atoms with Crippen LogP contribution in [0.4, 0.5) is 4.39 Å². The Morgan fingerprint density at radius 2 is 2.29 bits per heavy atom. The molecule has 114 valence electrons. The van der Waals surface area contributed by atoms with Crippen molar-refractivity contribution in [3.63, 3.8) is 0 Å². The third-order valence-corrected chi connectivity index (χ3v) is 3.77. The van der Waals surface area contributed by atoms with Gasteiger partial charge in [0.25, 0.3) is 0 Å². The molecule has 4 nitrogen and oxygen atoms in total. The lowest BCUT2D eigenvalue weighted by molar-refractivity contribution is -0.129. The molecule has 0 bridgehead atoms. The quantitative estimate of drug-likeness (QED) is 0.868. The largest absolute Gasteiger partial charge is 0.494 e. The van der Waals surface area contributed by atoms with Crippen LogP contribution < -0.4 is 4.74 Å². The summed E-state index contributed by atoms with van der Waals surface area (Å²) in [6.45, 7) is 3.01. The molecule has 0 saturated carbocycles. The summed E-state index contributed by atoms with van der Waals surface area (Å²) < 4.78 is 18.4. The fourth-order valence-electron chi connectivity index (χ4n) is 2.39. The molecule has 1 aromatic rings. The van der Waals surface area contributed by atoms with E-state index in [9.17, 15) is 14.3 Å². The number of carbonyl (C=O) groups is 1. The zero-order valence-corrected chi connectivity index (χ0v) is 12.3. The lowest BCUT2D eigenvalue weighted by Crippen LogP contribution is -2.44. The van der Waals surface area contributed by atoms with Crippen molar-refractivity contribution in [1.29, 1.82) is 0 Å². The van der Waals surface area contributed by atoms with Gasteiger partial charge in [-0.1, -0.05) is 13.0 Å². The van der Waals surface area contributed by atoms with Crippen molar-refractivity contribution in [2.75, 3.05) is 20.2 Å². The predicted molar refractivity (Wildman–Crippen MR) is 78.4 cm³/mol. The zero-order chi connectivity index (χ0) is 15.4.